The highest BCUT2D eigenvalue weighted by atomic mass is 32.2. The van der Waals surface area contributed by atoms with Gasteiger partial charge in [-0.1, -0.05) is 43.8 Å². The molecule has 0 bridgehead atoms. The van der Waals surface area contributed by atoms with Gasteiger partial charge in [-0.15, -0.1) is 0 Å². The molecule has 1 aromatic rings. The zero-order valence-corrected chi connectivity index (χ0v) is 23.9. The number of nitrogens with one attached hydrogen (secondary N) is 2. The van der Waals surface area contributed by atoms with Crippen molar-refractivity contribution >= 4 is 54.1 Å². The molecule has 1 aromatic carbocycles. The van der Waals surface area contributed by atoms with E-state index in [0.717, 1.165) is 11.8 Å². The first-order chi connectivity index (χ1) is 18.8. The summed E-state index contributed by atoms with van der Waals surface area (Å²) in [5, 5.41) is 13.2. The molecule has 220 valence electrons. The minimum Gasteiger partial charge on any atom is -0.481 e. The number of hydrogen-bond donors (Lipinski definition) is 3. The predicted octanol–water partition coefficient (Wildman–Crippen LogP) is 2.28. The van der Waals surface area contributed by atoms with Crippen LogP contribution in [0.4, 0.5) is 0 Å². The number of phosphoric acid groups is 1. The van der Waals surface area contributed by atoms with Crippen molar-refractivity contribution in [2.24, 2.45) is 5.41 Å². The van der Waals surface area contributed by atoms with Crippen LogP contribution in [0.15, 0.2) is 30.3 Å². The van der Waals surface area contributed by atoms with Crippen LogP contribution in [0.1, 0.15) is 46.0 Å². The molecule has 1 aliphatic rings. The lowest BCUT2D eigenvalue weighted by atomic mass is 9.87. The van der Waals surface area contributed by atoms with Crippen molar-refractivity contribution in [1.29, 1.82) is 0 Å². The lowest BCUT2D eigenvalue weighted by molar-refractivity contribution is -0.140. The number of carboxylic acid groups (broad SMARTS) is 1. The first kappa shape index (κ1) is 33.1. The number of carbonyl (C=O) groups excluding carboxylic acids is 5. The molecular weight excluding hydrogens is 567 g/mol. The number of ketones is 2. The first-order valence-corrected chi connectivity index (χ1v) is 14.9. The van der Waals surface area contributed by atoms with Crippen LogP contribution < -0.4 is 15.2 Å². The van der Waals surface area contributed by atoms with Gasteiger partial charge in [0, 0.05) is 37.1 Å². The zero-order chi connectivity index (χ0) is 29.8. The van der Waals surface area contributed by atoms with Crippen LogP contribution in [0.2, 0.25) is 0 Å². The fraction of sp³-hybridized carbons (Fsp3) is 0.520. The third kappa shape index (κ3) is 12.0. The molecule has 0 spiro atoms. The second-order valence-electron chi connectivity index (χ2n) is 9.54. The summed E-state index contributed by atoms with van der Waals surface area (Å²) in [7, 11) is -4.06. The molecule has 1 saturated heterocycles. The van der Waals surface area contributed by atoms with Crippen LogP contribution >= 0.6 is 19.6 Å². The molecule has 1 unspecified atom stereocenters. The van der Waals surface area contributed by atoms with Crippen LogP contribution in [0.25, 0.3) is 0 Å². The lowest BCUT2D eigenvalue weighted by Crippen LogP contribution is -2.50. The fourth-order valence-corrected chi connectivity index (χ4v) is 5.71. The highest BCUT2D eigenvalue weighted by Crippen LogP contribution is 2.56. The highest BCUT2D eigenvalue weighted by molar-refractivity contribution is 8.13. The van der Waals surface area contributed by atoms with Gasteiger partial charge in [0.1, 0.15) is 17.3 Å². The highest BCUT2D eigenvalue weighted by Gasteiger charge is 2.49. The van der Waals surface area contributed by atoms with Crippen LogP contribution in [0.5, 0.6) is 5.75 Å². The normalized spacial score (nSPS) is 19.7. The van der Waals surface area contributed by atoms with Gasteiger partial charge in [0.15, 0.2) is 11.2 Å². The number of phosphoric ester groups is 1. The number of carbonyl (C=O) groups is 6. The number of Topliss-reactive ketones (excluding diaryl/α,β-unsaturated/α-hetero) is 2. The number of thioether (sulfide) groups is 1. The number of benzene rings is 1. The van der Waals surface area contributed by atoms with E-state index >= 15 is 0 Å². The Labute approximate surface area is 235 Å². The Morgan fingerprint density at radius 2 is 1.70 bits per heavy atom. The summed E-state index contributed by atoms with van der Waals surface area (Å²) in [4.78, 5) is 70.4. The lowest BCUT2D eigenvalue weighted by Gasteiger charge is -2.39. The molecular formula is C25H33N2O11PS. The van der Waals surface area contributed by atoms with E-state index in [4.69, 9.17) is 18.7 Å². The van der Waals surface area contributed by atoms with E-state index in [2.05, 4.69) is 10.6 Å². The van der Waals surface area contributed by atoms with Crippen LogP contribution in [0, 0.1) is 5.41 Å². The van der Waals surface area contributed by atoms with E-state index in [1.807, 2.05) is 0 Å². The summed E-state index contributed by atoms with van der Waals surface area (Å²) in [6.45, 7) is 3.46. The van der Waals surface area contributed by atoms with Crippen molar-refractivity contribution in [3.05, 3.63) is 30.3 Å². The molecule has 1 fully saturated rings. The molecule has 1 heterocycles. The SMILES string of the molecule is CC1(C)COP(=O)(Oc2ccccc2)O[C@H]1C(=O)NCCC(=O)NCCSC(=O)CC(=O)CC(=O)CCC(=O)O. The number of para-hydroxylation sites is 1. The van der Waals surface area contributed by atoms with Crippen LogP contribution in [-0.2, 0) is 42.4 Å². The van der Waals surface area contributed by atoms with Gasteiger partial charge in [0.25, 0.3) is 5.91 Å². The predicted molar refractivity (Wildman–Crippen MR) is 144 cm³/mol. The molecule has 3 N–H and O–H groups in total. The Hall–Kier alpha value is -3.06. The van der Waals surface area contributed by atoms with Crippen molar-refractivity contribution in [2.45, 2.75) is 52.1 Å². The Bertz CT molecular complexity index is 1140. The Kier molecular flexibility index (Phi) is 13.0. The van der Waals surface area contributed by atoms with Crippen molar-refractivity contribution < 1.29 is 52.0 Å². The van der Waals surface area contributed by atoms with Crippen LogP contribution in [-0.4, -0.2) is 71.1 Å². The van der Waals surface area contributed by atoms with Gasteiger partial charge < -0.3 is 20.3 Å². The summed E-state index contributed by atoms with van der Waals surface area (Å²) in [5.74, 6) is -2.79. The summed E-state index contributed by atoms with van der Waals surface area (Å²) in [6, 6.07) is 8.26. The first-order valence-electron chi connectivity index (χ1n) is 12.4. The van der Waals surface area contributed by atoms with Gasteiger partial charge in [-0.25, -0.2) is 4.57 Å². The van der Waals surface area contributed by atoms with Gasteiger partial charge in [0.05, 0.1) is 25.9 Å². The third-order valence-electron chi connectivity index (χ3n) is 5.43. The molecule has 1 aliphatic heterocycles. The molecule has 2 atom stereocenters. The second kappa shape index (κ2) is 15.7. The minimum absolute atomic E-state index is 0.0260. The quantitative estimate of drug-likeness (QED) is 0.143. The number of aliphatic carboxylic acids is 1. The summed E-state index contributed by atoms with van der Waals surface area (Å²) in [6.07, 6.45) is -2.81. The van der Waals surface area contributed by atoms with E-state index in [-0.39, 0.29) is 50.5 Å². The average Bonchev–Trinajstić information content (AvgIpc) is 2.87. The Morgan fingerprint density at radius 3 is 2.38 bits per heavy atom. The molecule has 0 radical (unpaired) electrons. The maximum absolute atomic E-state index is 12.9. The number of rotatable bonds is 16. The molecule has 15 heteroatoms. The number of hydrogen-bond acceptors (Lipinski definition) is 11. The molecule has 40 heavy (non-hydrogen) atoms. The van der Waals surface area contributed by atoms with Gasteiger partial charge in [-0.2, -0.15) is 0 Å². The summed E-state index contributed by atoms with van der Waals surface area (Å²) < 4.78 is 29.1. The van der Waals surface area contributed by atoms with E-state index in [9.17, 15) is 33.3 Å². The van der Waals surface area contributed by atoms with Crippen molar-refractivity contribution in [3.8, 4) is 5.75 Å². The van der Waals surface area contributed by atoms with Crippen molar-refractivity contribution in [3.63, 3.8) is 0 Å². The third-order valence-corrected chi connectivity index (χ3v) is 7.65. The van der Waals surface area contributed by atoms with E-state index < -0.39 is 66.6 Å². The molecule has 0 saturated carbocycles. The number of amides is 2. The topological polar surface area (TPSA) is 191 Å². The minimum atomic E-state index is -4.06. The van der Waals surface area contributed by atoms with Crippen molar-refractivity contribution in [2.75, 3.05) is 25.4 Å². The maximum Gasteiger partial charge on any atom is 0.530 e. The monoisotopic (exact) mass is 600 g/mol. The van der Waals surface area contributed by atoms with E-state index in [1.54, 1.807) is 44.2 Å². The number of carboxylic acids is 1. The largest absolute Gasteiger partial charge is 0.530 e. The summed E-state index contributed by atoms with van der Waals surface area (Å²) in [5.41, 5.74) is -0.822. The molecule has 13 nitrogen and oxygen atoms in total. The zero-order valence-electron chi connectivity index (χ0n) is 22.2. The fourth-order valence-electron chi connectivity index (χ4n) is 3.35. The molecule has 0 aliphatic carbocycles. The Morgan fingerprint density at radius 1 is 1.00 bits per heavy atom. The van der Waals surface area contributed by atoms with Crippen LogP contribution in [0.3, 0.4) is 0 Å². The second-order valence-corrected chi connectivity index (χ2v) is 12.2. The van der Waals surface area contributed by atoms with E-state index in [0.29, 0.717) is 0 Å². The maximum atomic E-state index is 12.9. The Balaban J connectivity index is 1.66. The van der Waals surface area contributed by atoms with Gasteiger partial charge >= 0.3 is 13.8 Å². The van der Waals surface area contributed by atoms with Gasteiger partial charge in [0.2, 0.25) is 5.91 Å². The molecule has 2 amide bonds. The molecule has 0 aromatic heterocycles. The van der Waals surface area contributed by atoms with Gasteiger partial charge in [-0.05, 0) is 12.1 Å². The summed E-state index contributed by atoms with van der Waals surface area (Å²) >= 11 is 0.823. The standard InChI is InChI=1S/C25H33N2O11PS/c1-25(2)16-36-39(35,37-19-6-4-3-5-7-19)38-23(25)24(34)27-11-10-20(30)26-12-13-40-22(33)15-18(29)14-17(28)8-9-21(31)32/h3-7,23H,8-16H2,1-2H3,(H,26,30)(H,27,34)(H,31,32)/t23-,39?/m0/s1. The molecule has 2 rings (SSSR count). The van der Waals surface area contributed by atoms with Crippen molar-refractivity contribution in [1.82, 2.24) is 10.6 Å². The smallest absolute Gasteiger partial charge is 0.481 e. The average molecular weight is 601 g/mol. The van der Waals surface area contributed by atoms with Gasteiger partial charge in [-0.3, -0.25) is 37.8 Å². The van der Waals surface area contributed by atoms with E-state index in [1.165, 1.54) is 0 Å².